The Labute approximate surface area is 125 Å². The van der Waals surface area contributed by atoms with Gasteiger partial charge in [0, 0.05) is 17.5 Å². The molecule has 8 heteroatoms. The first-order valence-electron chi connectivity index (χ1n) is 6.04. The van der Waals surface area contributed by atoms with Gasteiger partial charge in [0.15, 0.2) is 5.11 Å². The first-order valence-corrected chi connectivity index (χ1v) is 6.45. The normalized spacial score (nSPS) is 10.1. The Morgan fingerprint density at radius 3 is 2.38 bits per heavy atom. The summed E-state index contributed by atoms with van der Waals surface area (Å²) in [7, 11) is 0. The van der Waals surface area contributed by atoms with Crippen LogP contribution in [0.3, 0.4) is 0 Å². The van der Waals surface area contributed by atoms with E-state index in [0.29, 0.717) is 5.95 Å². The first-order chi connectivity index (χ1) is 9.94. The average molecular weight is 309 g/mol. The molecule has 2 aromatic rings. The number of nitrogens with zero attached hydrogens (tertiary/aromatic N) is 2. The number of aromatic nitrogens is 2. The fourth-order valence-electron chi connectivity index (χ4n) is 1.64. The minimum absolute atomic E-state index is 0.0667. The maximum atomic E-state index is 13.4. The second kappa shape index (κ2) is 6.40. The molecule has 0 aliphatic rings. The van der Waals surface area contributed by atoms with Gasteiger partial charge in [0.05, 0.1) is 5.69 Å². The second-order valence-corrected chi connectivity index (χ2v) is 4.71. The second-order valence-electron chi connectivity index (χ2n) is 4.30. The van der Waals surface area contributed by atoms with E-state index >= 15 is 0 Å². The Morgan fingerprint density at radius 1 is 1.10 bits per heavy atom. The van der Waals surface area contributed by atoms with E-state index in [1.165, 1.54) is 6.07 Å². The van der Waals surface area contributed by atoms with Gasteiger partial charge in [0.1, 0.15) is 11.6 Å². The molecule has 0 saturated heterocycles. The van der Waals surface area contributed by atoms with Crippen molar-refractivity contribution in [3.8, 4) is 0 Å². The minimum Gasteiger partial charge on any atom is -0.329 e. The van der Waals surface area contributed by atoms with Crippen LogP contribution >= 0.6 is 12.2 Å². The van der Waals surface area contributed by atoms with Crippen molar-refractivity contribution < 1.29 is 8.78 Å². The Bertz CT molecular complexity index is 657. The highest BCUT2D eigenvalue weighted by Gasteiger charge is 2.06. The highest BCUT2D eigenvalue weighted by Crippen LogP contribution is 2.14. The Balaban J connectivity index is 1.95. The van der Waals surface area contributed by atoms with Crippen LogP contribution < -0.4 is 16.2 Å². The highest BCUT2D eigenvalue weighted by molar-refractivity contribution is 7.80. The molecule has 0 amide bonds. The zero-order chi connectivity index (χ0) is 15.4. The van der Waals surface area contributed by atoms with Crippen LogP contribution in [0.5, 0.6) is 0 Å². The van der Waals surface area contributed by atoms with E-state index in [-0.39, 0.29) is 10.8 Å². The maximum Gasteiger partial charge on any atom is 0.242 e. The Kier molecular flexibility index (Phi) is 4.59. The van der Waals surface area contributed by atoms with Crippen molar-refractivity contribution >= 4 is 29.0 Å². The van der Waals surface area contributed by atoms with Crippen molar-refractivity contribution in [2.24, 2.45) is 0 Å². The molecular weight excluding hydrogens is 296 g/mol. The number of aryl methyl sites for hydroxylation is 2. The van der Waals surface area contributed by atoms with Crippen LogP contribution in [-0.4, -0.2) is 15.1 Å². The molecule has 5 nitrogen and oxygen atoms in total. The summed E-state index contributed by atoms with van der Waals surface area (Å²) in [6.45, 7) is 3.68. The largest absolute Gasteiger partial charge is 0.329 e. The summed E-state index contributed by atoms with van der Waals surface area (Å²) in [5.74, 6) is -1.04. The third kappa shape index (κ3) is 4.32. The average Bonchev–Trinajstić information content (AvgIpc) is 2.39. The molecule has 1 aromatic heterocycles. The number of hydrogen-bond acceptors (Lipinski definition) is 4. The van der Waals surface area contributed by atoms with E-state index in [9.17, 15) is 8.78 Å². The Hall–Kier alpha value is -2.35. The monoisotopic (exact) mass is 309 g/mol. The summed E-state index contributed by atoms with van der Waals surface area (Å²) in [6.07, 6.45) is 0. The van der Waals surface area contributed by atoms with Crippen molar-refractivity contribution in [1.29, 1.82) is 0 Å². The van der Waals surface area contributed by atoms with Gasteiger partial charge in [0.25, 0.3) is 0 Å². The highest BCUT2D eigenvalue weighted by atomic mass is 32.1. The van der Waals surface area contributed by atoms with Crippen molar-refractivity contribution in [1.82, 2.24) is 15.4 Å². The van der Waals surface area contributed by atoms with E-state index in [0.717, 1.165) is 23.5 Å². The third-order valence-electron chi connectivity index (χ3n) is 2.45. The lowest BCUT2D eigenvalue weighted by molar-refractivity contribution is 0.586. The fraction of sp³-hybridized carbons (Fsp3) is 0.154. The molecule has 0 atom stereocenters. The molecule has 0 aliphatic heterocycles. The van der Waals surface area contributed by atoms with Crippen LogP contribution in [0.15, 0.2) is 24.3 Å². The molecule has 0 fully saturated rings. The lowest BCUT2D eigenvalue weighted by Crippen LogP contribution is -2.34. The number of halogens is 2. The van der Waals surface area contributed by atoms with Gasteiger partial charge in [-0.1, -0.05) is 0 Å². The van der Waals surface area contributed by atoms with Crippen molar-refractivity contribution in [3.63, 3.8) is 0 Å². The lowest BCUT2D eigenvalue weighted by atomic mass is 10.3. The summed E-state index contributed by atoms with van der Waals surface area (Å²) in [5.41, 5.74) is 7.00. The van der Waals surface area contributed by atoms with E-state index in [4.69, 9.17) is 12.2 Å². The topological polar surface area (TPSA) is 61.9 Å². The molecule has 0 bridgehead atoms. The Morgan fingerprint density at radius 2 is 1.76 bits per heavy atom. The van der Waals surface area contributed by atoms with Gasteiger partial charge >= 0.3 is 0 Å². The number of thiocarbonyl (C=S) groups is 1. The summed E-state index contributed by atoms with van der Waals surface area (Å²) in [6, 6.07) is 4.99. The zero-order valence-electron chi connectivity index (χ0n) is 11.4. The summed E-state index contributed by atoms with van der Waals surface area (Å²) in [4.78, 5) is 8.29. The number of benzene rings is 1. The molecule has 2 rings (SSSR count). The standard InChI is InChI=1S/C13H13F2N5S/c1-7-5-8(2)17-12(16-7)19-20-13(21)18-11-4-3-9(14)6-10(11)15/h3-6H,1-2H3,(H,16,17,19)(H2,18,20,21). The van der Waals surface area contributed by atoms with Crippen LogP contribution in [0.1, 0.15) is 11.4 Å². The smallest absolute Gasteiger partial charge is 0.242 e. The number of nitrogens with one attached hydrogen (secondary N) is 3. The molecule has 0 radical (unpaired) electrons. The number of anilines is 2. The van der Waals surface area contributed by atoms with Crippen LogP contribution in [0.25, 0.3) is 0 Å². The van der Waals surface area contributed by atoms with Gasteiger partial charge in [-0.15, -0.1) is 0 Å². The van der Waals surface area contributed by atoms with Gasteiger partial charge < -0.3 is 5.32 Å². The minimum atomic E-state index is -0.734. The van der Waals surface area contributed by atoms with Crippen molar-refractivity contribution in [2.45, 2.75) is 13.8 Å². The van der Waals surface area contributed by atoms with Gasteiger partial charge in [0.2, 0.25) is 5.95 Å². The molecular formula is C13H13F2N5S. The summed E-state index contributed by atoms with van der Waals surface area (Å²) >= 11 is 4.99. The van der Waals surface area contributed by atoms with E-state index in [1.807, 2.05) is 19.9 Å². The van der Waals surface area contributed by atoms with Gasteiger partial charge in [-0.3, -0.25) is 10.9 Å². The van der Waals surface area contributed by atoms with Crippen LogP contribution in [0, 0.1) is 25.5 Å². The van der Waals surface area contributed by atoms with Crippen molar-refractivity contribution in [2.75, 3.05) is 10.7 Å². The molecule has 0 saturated carbocycles. The van der Waals surface area contributed by atoms with Crippen molar-refractivity contribution in [3.05, 3.63) is 47.3 Å². The predicted octanol–water partition coefficient (Wildman–Crippen LogP) is 2.69. The van der Waals surface area contributed by atoms with E-state index in [2.05, 4.69) is 26.1 Å². The molecule has 3 N–H and O–H groups in total. The fourth-order valence-corrected chi connectivity index (χ4v) is 1.80. The molecule has 0 spiro atoms. The van der Waals surface area contributed by atoms with Gasteiger partial charge in [-0.2, -0.15) is 0 Å². The van der Waals surface area contributed by atoms with Crippen LogP contribution in [-0.2, 0) is 0 Å². The van der Waals surface area contributed by atoms with E-state index in [1.54, 1.807) is 0 Å². The molecule has 110 valence electrons. The summed E-state index contributed by atoms with van der Waals surface area (Å²) in [5, 5.41) is 2.70. The lowest BCUT2D eigenvalue weighted by Gasteiger charge is -2.12. The number of hydrazine groups is 1. The molecule has 1 heterocycles. The first kappa shape index (κ1) is 15.0. The molecule has 21 heavy (non-hydrogen) atoms. The van der Waals surface area contributed by atoms with Gasteiger partial charge in [-0.05, 0) is 44.3 Å². The van der Waals surface area contributed by atoms with Crippen LogP contribution in [0.2, 0.25) is 0 Å². The molecule has 0 unspecified atom stereocenters. The molecule has 1 aromatic carbocycles. The number of hydrogen-bond donors (Lipinski definition) is 3. The number of rotatable bonds is 3. The van der Waals surface area contributed by atoms with Crippen LogP contribution in [0.4, 0.5) is 20.4 Å². The molecule has 0 aliphatic carbocycles. The predicted molar refractivity (Wildman–Crippen MR) is 80.8 cm³/mol. The third-order valence-corrected chi connectivity index (χ3v) is 2.65. The summed E-state index contributed by atoms with van der Waals surface area (Å²) < 4.78 is 26.2. The van der Waals surface area contributed by atoms with E-state index < -0.39 is 11.6 Å². The maximum absolute atomic E-state index is 13.4. The SMILES string of the molecule is Cc1cc(C)nc(NNC(=S)Nc2ccc(F)cc2F)n1. The zero-order valence-corrected chi connectivity index (χ0v) is 12.2. The quantitative estimate of drug-likeness (QED) is 0.598. The van der Waals surface area contributed by atoms with Gasteiger partial charge in [-0.25, -0.2) is 18.7 Å².